The second-order valence-corrected chi connectivity index (χ2v) is 7.27. The summed E-state index contributed by atoms with van der Waals surface area (Å²) in [6.45, 7) is 2.16. The number of amides is 1. The Morgan fingerprint density at radius 2 is 2.12 bits per heavy atom. The van der Waals surface area contributed by atoms with Crippen LogP contribution in [0.15, 0.2) is 53.7 Å². The molecule has 1 amide bonds. The highest BCUT2D eigenvalue weighted by Crippen LogP contribution is 2.24. The van der Waals surface area contributed by atoms with Crippen LogP contribution < -0.4 is 16.2 Å². The van der Waals surface area contributed by atoms with E-state index in [9.17, 15) is 4.79 Å². The fourth-order valence-electron chi connectivity index (χ4n) is 2.85. The van der Waals surface area contributed by atoms with Gasteiger partial charge < -0.3 is 5.32 Å². The number of hydrogen-bond donors (Lipinski definition) is 3. The van der Waals surface area contributed by atoms with Crippen LogP contribution in [0.5, 0.6) is 0 Å². The third-order valence-corrected chi connectivity index (χ3v) is 5.27. The molecule has 1 aliphatic rings. The van der Waals surface area contributed by atoms with Crippen molar-refractivity contribution in [2.75, 3.05) is 5.32 Å². The molecule has 1 saturated heterocycles. The molecule has 1 fully saturated rings. The van der Waals surface area contributed by atoms with Crippen LogP contribution >= 0.6 is 11.8 Å². The van der Waals surface area contributed by atoms with Gasteiger partial charge in [0, 0.05) is 34.8 Å². The zero-order valence-corrected chi connectivity index (χ0v) is 15.2. The number of carbonyl (C=O) groups is 1. The van der Waals surface area contributed by atoms with Crippen molar-refractivity contribution in [3.63, 3.8) is 0 Å². The predicted molar refractivity (Wildman–Crippen MR) is 102 cm³/mol. The summed E-state index contributed by atoms with van der Waals surface area (Å²) in [5.74, 6) is 0.901. The van der Waals surface area contributed by atoms with Crippen LogP contribution in [-0.4, -0.2) is 23.0 Å². The molecular formula is C19H24N4OS. The highest BCUT2D eigenvalue weighted by atomic mass is 32.2. The van der Waals surface area contributed by atoms with Crippen LogP contribution in [0, 0.1) is 0 Å². The lowest BCUT2D eigenvalue weighted by Crippen LogP contribution is -2.40. The van der Waals surface area contributed by atoms with Gasteiger partial charge in [-0.3, -0.25) is 15.2 Å². The molecule has 3 rings (SSSR count). The van der Waals surface area contributed by atoms with Crippen LogP contribution in [0.2, 0.25) is 0 Å². The second kappa shape index (κ2) is 8.99. The number of nitrogens with one attached hydrogen (secondary N) is 3. The highest BCUT2D eigenvalue weighted by molar-refractivity contribution is 7.98. The molecule has 1 aliphatic heterocycles. The van der Waals surface area contributed by atoms with Gasteiger partial charge in [-0.2, -0.15) is 0 Å². The largest absolute Gasteiger partial charge is 0.325 e. The van der Waals surface area contributed by atoms with Gasteiger partial charge in [-0.25, -0.2) is 5.43 Å². The number of carbonyl (C=O) groups excluding carboxylic acids is 1. The van der Waals surface area contributed by atoms with Crippen molar-refractivity contribution in [3.8, 4) is 0 Å². The van der Waals surface area contributed by atoms with Crippen LogP contribution in [0.25, 0.3) is 0 Å². The fourth-order valence-corrected chi connectivity index (χ4v) is 3.68. The minimum Gasteiger partial charge on any atom is -0.325 e. The summed E-state index contributed by atoms with van der Waals surface area (Å²) in [5.41, 5.74) is 8.32. The molecule has 2 heterocycles. The number of hydrogen-bond acceptors (Lipinski definition) is 5. The molecule has 132 valence electrons. The van der Waals surface area contributed by atoms with Crippen molar-refractivity contribution < 1.29 is 4.79 Å². The number of thioether (sulfide) groups is 1. The Hall–Kier alpha value is -1.89. The van der Waals surface area contributed by atoms with E-state index in [2.05, 4.69) is 34.1 Å². The second-order valence-electron chi connectivity index (χ2n) is 6.23. The van der Waals surface area contributed by atoms with E-state index >= 15 is 0 Å². The first kappa shape index (κ1) is 17.9. The molecule has 25 heavy (non-hydrogen) atoms. The van der Waals surface area contributed by atoms with Crippen molar-refractivity contribution in [1.82, 2.24) is 15.8 Å². The number of benzene rings is 1. The van der Waals surface area contributed by atoms with Gasteiger partial charge in [0.05, 0.1) is 0 Å². The van der Waals surface area contributed by atoms with Crippen molar-refractivity contribution in [3.05, 3.63) is 54.4 Å². The van der Waals surface area contributed by atoms with Crippen molar-refractivity contribution >= 4 is 23.4 Å². The molecule has 2 aromatic rings. The van der Waals surface area contributed by atoms with Crippen LogP contribution in [-0.2, 0) is 10.5 Å². The number of pyridine rings is 1. The number of rotatable bonds is 7. The zero-order valence-electron chi connectivity index (χ0n) is 14.4. The van der Waals surface area contributed by atoms with E-state index in [4.69, 9.17) is 0 Å². The SMILES string of the molecule is CCCC1CC(C(=O)Nc2ccc(SCc3cccnc3)cc2)NN1. The van der Waals surface area contributed by atoms with Gasteiger partial charge in [0.25, 0.3) is 0 Å². The Morgan fingerprint density at radius 1 is 1.28 bits per heavy atom. The van der Waals surface area contributed by atoms with E-state index in [0.717, 1.165) is 30.7 Å². The first-order chi connectivity index (χ1) is 12.2. The molecule has 0 bridgehead atoms. The Labute approximate surface area is 153 Å². The van der Waals surface area contributed by atoms with Crippen LogP contribution in [0.1, 0.15) is 31.7 Å². The van der Waals surface area contributed by atoms with Crippen molar-refractivity contribution in [1.29, 1.82) is 0 Å². The number of aromatic nitrogens is 1. The average molecular weight is 356 g/mol. The summed E-state index contributed by atoms with van der Waals surface area (Å²) >= 11 is 1.76. The van der Waals surface area contributed by atoms with Crippen molar-refractivity contribution in [2.24, 2.45) is 0 Å². The smallest absolute Gasteiger partial charge is 0.242 e. The molecule has 3 N–H and O–H groups in total. The van der Waals surface area contributed by atoms with Gasteiger partial charge in [0.2, 0.25) is 5.91 Å². The Bertz CT molecular complexity index is 678. The van der Waals surface area contributed by atoms with E-state index < -0.39 is 0 Å². The van der Waals surface area contributed by atoms with Gasteiger partial charge in [-0.15, -0.1) is 11.8 Å². The maximum absolute atomic E-state index is 12.3. The molecule has 2 unspecified atom stereocenters. The average Bonchev–Trinajstić information content (AvgIpc) is 3.11. The van der Waals surface area contributed by atoms with E-state index in [1.54, 1.807) is 18.0 Å². The number of anilines is 1. The number of nitrogens with zero attached hydrogens (tertiary/aromatic N) is 1. The van der Waals surface area contributed by atoms with Gasteiger partial charge in [0.1, 0.15) is 6.04 Å². The summed E-state index contributed by atoms with van der Waals surface area (Å²) in [5, 5.41) is 2.99. The number of hydrazine groups is 1. The van der Waals surface area contributed by atoms with Gasteiger partial charge in [-0.1, -0.05) is 19.4 Å². The first-order valence-electron chi connectivity index (χ1n) is 8.68. The van der Waals surface area contributed by atoms with Gasteiger partial charge in [-0.05, 0) is 48.7 Å². The summed E-state index contributed by atoms with van der Waals surface area (Å²) in [4.78, 5) is 17.6. The summed E-state index contributed by atoms with van der Waals surface area (Å²) in [6, 6.07) is 12.2. The molecule has 0 saturated carbocycles. The lowest BCUT2D eigenvalue weighted by atomic mass is 10.1. The lowest BCUT2D eigenvalue weighted by Gasteiger charge is -2.11. The quantitative estimate of drug-likeness (QED) is 0.664. The Morgan fingerprint density at radius 3 is 2.84 bits per heavy atom. The van der Waals surface area contributed by atoms with Crippen molar-refractivity contribution in [2.45, 2.75) is 48.9 Å². The minimum atomic E-state index is -0.170. The Kier molecular flexibility index (Phi) is 6.44. The molecule has 1 aromatic heterocycles. The predicted octanol–water partition coefficient (Wildman–Crippen LogP) is 3.35. The van der Waals surface area contributed by atoms with Crippen LogP contribution in [0.3, 0.4) is 0 Å². The maximum atomic E-state index is 12.3. The van der Waals surface area contributed by atoms with Crippen LogP contribution in [0.4, 0.5) is 5.69 Å². The lowest BCUT2D eigenvalue weighted by molar-refractivity contribution is -0.117. The molecule has 5 nitrogen and oxygen atoms in total. The Balaban J connectivity index is 1.48. The molecule has 0 radical (unpaired) electrons. The van der Waals surface area contributed by atoms with E-state index in [1.165, 1.54) is 10.5 Å². The topological polar surface area (TPSA) is 66.0 Å². The fraction of sp³-hybridized carbons (Fsp3) is 0.368. The van der Waals surface area contributed by atoms with E-state index in [-0.39, 0.29) is 11.9 Å². The highest BCUT2D eigenvalue weighted by Gasteiger charge is 2.28. The monoisotopic (exact) mass is 356 g/mol. The van der Waals surface area contributed by atoms with Gasteiger partial charge >= 0.3 is 0 Å². The molecule has 0 spiro atoms. The summed E-state index contributed by atoms with van der Waals surface area (Å²) < 4.78 is 0. The normalized spacial score (nSPS) is 19.7. The summed E-state index contributed by atoms with van der Waals surface area (Å²) in [7, 11) is 0. The maximum Gasteiger partial charge on any atom is 0.242 e. The van der Waals surface area contributed by atoms with E-state index in [1.807, 2.05) is 36.5 Å². The molecule has 6 heteroatoms. The third-order valence-electron chi connectivity index (χ3n) is 4.19. The molecule has 2 atom stereocenters. The van der Waals surface area contributed by atoms with Gasteiger partial charge in [0.15, 0.2) is 0 Å². The molecule has 0 aliphatic carbocycles. The first-order valence-corrected chi connectivity index (χ1v) is 9.67. The third kappa shape index (κ3) is 5.29. The summed E-state index contributed by atoms with van der Waals surface area (Å²) in [6.07, 6.45) is 6.70. The van der Waals surface area contributed by atoms with E-state index in [0.29, 0.717) is 6.04 Å². The standard InChI is InChI=1S/C19H24N4OS/c1-2-4-16-11-18(23-22-16)19(24)21-15-6-8-17(9-7-15)25-13-14-5-3-10-20-12-14/h3,5-10,12,16,18,22-23H,2,4,11,13H2,1H3,(H,21,24). The zero-order chi connectivity index (χ0) is 17.5. The molecule has 1 aromatic carbocycles. The molecular weight excluding hydrogens is 332 g/mol. The minimum absolute atomic E-state index is 0.0156.